The van der Waals surface area contributed by atoms with Crippen LogP contribution in [-0.2, 0) is 0 Å². The van der Waals surface area contributed by atoms with Crippen LogP contribution in [0.4, 0.5) is 9.80 Å². The van der Waals surface area contributed by atoms with Crippen LogP contribution in [-0.4, -0.2) is 48.5 Å². The molecule has 3 N–H and O–H groups in total. The SMILES string of the molecule is CN(C)C(=O)Nc1snc(OCCOc2ccccc2)c1C(N)=O. The first-order chi connectivity index (χ1) is 11.5. The zero-order valence-electron chi connectivity index (χ0n) is 13.3. The predicted molar refractivity (Wildman–Crippen MR) is 90.8 cm³/mol. The van der Waals surface area contributed by atoms with Gasteiger partial charge in [-0.25, -0.2) is 4.79 Å². The Morgan fingerprint density at radius 1 is 1.21 bits per heavy atom. The number of aromatic nitrogens is 1. The first-order valence-corrected chi connectivity index (χ1v) is 7.84. The number of nitrogens with one attached hydrogen (secondary N) is 1. The Bertz CT molecular complexity index is 703. The summed E-state index contributed by atoms with van der Waals surface area (Å²) in [5.74, 6) is 0.0726. The molecule has 2 rings (SSSR count). The first-order valence-electron chi connectivity index (χ1n) is 7.07. The van der Waals surface area contributed by atoms with Gasteiger partial charge in [0.25, 0.3) is 5.91 Å². The number of anilines is 1. The molecule has 1 heterocycles. The van der Waals surface area contributed by atoms with Crippen molar-refractivity contribution >= 4 is 28.5 Å². The maximum atomic E-state index is 11.7. The Balaban J connectivity index is 1.96. The fourth-order valence-electron chi connectivity index (χ4n) is 1.70. The molecular weight excluding hydrogens is 332 g/mol. The molecule has 3 amide bonds. The highest BCUT2D eigenvalue weighted by Gasteiger charge is 2.22. The summed E-state index contributed by atoms with van der Waals surface area (Å²) in [6, 6.07) is 8.88. The highest BCUT2D eigenvalue weighted by Crippen LogP contribution is 2.30. The second-order valence-corrected chi connectivity index (χ2v) is 5.66. The number of ether oxygens (including phenoxy) is 2. The van der Waals surface area contributed by atoms with Gasteiger partial charge in [-0.05, 0) is 23.7 Å². The molecule has 0 spiro atoms. The molecule has 128 valence electrons. The lowest BCUT2D eigenvalue weighted by Crippen LogP contribution is -2.28. The molecule has 0 unspecified atom stereocenters. The fourth-order valence-corrected chi connectivity index (χ4v) is 2.43. The van der Waals surface area contributed by atoms with E-state index in [1.54, 1.807) is 14.1 Å². The number of primary amides is 1. The van der Waals surface area contributed by atoms with E-state index in [9.17, 15) is 9.59 Å². The van der Waals surface area contributed by atoms with Crippen molar-refractivity contribution in [1.29, 1.82) is 0 Å². The number of nitrogens with zero attached hydrogens (tertiary/aromatic N) is 2. The van der Waals surface area contributed by atoms with Gasteiger partial charge in [-0.1, -0.05) is 18.2 Å². The summed E-state index contributed by atoms with van der Waals surface area (Å²) >= 11 is 0.929. The summed E-state index contributed by atoms with van der Waals surface area (Å²) in [6.07, 6.45) is 0. The van der Waals surface area contributed by atoms with Gasteiger partial charge in [0, 0.05) is 14.1 Å². The topological polar surface area (TPSA) is 107 Å². The van der Waals surface area contributed by atoms with Crippen molar-refractivity contribution in [2.24, 2.45) is 5.73 Å². The van der Waals surface area contributed by atoms with Crippen molar-refractivity contribution in [3.05, 3.63) is 35.9 Å². The molecule has 24 heavy (non-hydrogen) atoms. The average Bonchev–Trinajstić information content (AvgIpc) is 2.95. The third-order valence-corrected chi connectivity index (χ3v) is 3.61. The zero-order chi connectivity index (χ0) is 17.5. The van der Waals surface area contributed by atoms with Crippen LogP contribution in [0.5, 0.6) is 11.6 Å². The molecule has 0 radical (unpaired) electrons. The van der Waals surface area contributed by atoms with Gasteiger partial charge in [-0.3, -0.25) is 10.1 Å². The first kappa shape index (κ1) is 17.5. The van der Waals surface area contributed by atoms with Gasteiger partial charge in [-0.15, -0.1) is 0 Å². The number of benzene rings is 1. The lowest BCUT2D eigenvalue weighted by Gasteiger charge is -2.11. The van der Waals surface area contributed by atoms with E-state index in [1.807, 2.05) is 30.3 Å². The second-order valence-electron chi connectivity index (χ2n) is 4.89. The summed E-state index contributed by atoms with van der Waals surface area (Å²) < 4.78 is 15.0. The standard InChI is InChI=1S/C15H18N4O4S/c1-19(2)15(21)17-14-11(12(16)20)13(18-24-14)23-9-8-22-10-6-4-3-5-7-10/h3-7H,8-9H2,1-2H3,(H2,16,20)(H,17,21). The molecule has 0 aliphatic heterocycles. The van der Waals surface area contributed by atoms with Gasteiger partial charge >= 0.3 is 6.03 Å². The number of carbonyl (C=O) groups excluding carboxylic acids is 2. The highest BCUT2D eigenvalue weighted by atomic mass is 32.1. The van der Waals surface area contributed by atoms with Crippen LogP contribution in [0.2, 0.25) is 0 Å². The molecule has 0 fully saturated rings. The van der Waals surface area contributed by atoms with Crippen LogP contribution >= 0.6 is 11.5 Å². The minimum atomic E-state index is -0.725. The number of amides is 3. The molecule has 2 aromatic rings. The van der Waals surface area contributed by atoms with E-state index in [2.05, 4.69) is 9.69 Å². The largest absolute Gasteiger partial charge is 0.490 e. The molecule has 0 atom stereocenters. The number of urea groups is 1. The van der Waals surface area contributed by atoms with Crippen LogP contribution in [0.15, 0.2) is 30.3 Å². The van der Waals surface area contributed by atoms with Crippen LogP contribution in [0, 0.1) is 0 Å². The Kier molecular flexibility index (Phi) is 5.96. The summed E-state index contributed by atoms with van der Waals surface area (Å²) in [4.78, 5) is 24.6. The van der Waals surface area contributed by atoms with E-state index in [1.165, 1.54) is 4.90 Å². The summed E-state index contributed by atoms with van der Waals surface area (Å²) in [6.45, 7) is 0.457. The minimum Gasteiger partial charge on any atom is -0.490 e. The van der Waals surface area contributed by atoms with Gasteiger partial charge in [0.05, 0.1) is 0 Å². The number of para-hydroxylation sites is 1. The summed E-state index contributed by atoms with van der Waals surface area (Å²) in [7, 11) is 3.16. The van der Waals surface area contributed by atoms with E-state index in [0.717, 1.165) is 11.5 Å². The lowest BCUT2D eigenvalue weighted by atomic mass is 10.3. The van der Waals surface area contributed by atoms with Crippen molar-refractivity contribution in [2.45, 2.75) is 0 Å². The summed E-state index contributed by atoms with van der Waals surface area (Å²) in [5.41, 5.74) is 5.41. The second kappa shape index (κ2) is 8.16. The molecule has 0 aliphatic rings. The van der Waals surface area contributed by atoms with Crippen molar-refractivity contribution in [1.82, 2.24) is 9.27 Å². The van der Waals surface area contributed by atoms with Crippen molar-refractivity contribution in [3.8, 4) is 11.6 Å². The Hall–Kier alpha value is -2.81. The molecule has 0 aliphatic carbocycles. The predicted octanol–water partition coefficient (Wildman–Crippen LogP) is 1.79. The lowest BCUT2D eigenvalue weighted by molar-refractivity contribution is 0.0996. The van der Waals surface area contributed by atoms with Crippen LogP contribution < -0.4 is 20.5 Å². The van der Waals surface area contributed by atoms with E-state index in [0.29, 0.717) is 5.75 Å². The zero-order valence-corrected chi connectivity index (χ0v) is 14.1. The highest BCUT2D eigenvalue weighted by molar-refractivity contribution is 7.11. The molecule has 9 heteroatoms. The van der Waals surface area contributed by atoms with E-state index < -0.39 is 5.91 Å². The molecule has 0 saturated carbocycles. The van der Waals surface area contributed by atoms with Crippen LogP contribution in [0.25, 0.3) is 0 Å². The Morgan fingerprint density at radius 3 is 2.50 bits per heavy atom. The number of rotatable bonds is 7. The smallest absolute Gasteiger partial charge is 0.321 e. The minimum absolute atomic E-state index is 0.0508. The maximum absolute atomic E-state index is 11.7. The Labute approximate surface area is 143 Å². The van der Waals surface area contributed by atoms with E-state index in [4.69, 9.17) is 15.2 Å². The number of carbonyl (C=O) groups is 2. The van der Waals surface area contributed by atoms with Crippen LogP contribution in [0.1, 0.15) is 10.4 Å². The van der Waals surface area contributed by atoms with Gasteiger partial charge < -0.3 is 20.1 Å². The normalized spacial score (nSPS) is 10.1. The van der Waals surface area contributed by atoms with E-state index in [-0.39, 0.29) is 35.7 Å². The third kappa shape index (κ3) is 4.59. The van der Waals surface area contributed by atoms with E-state index >= 15 is 0 Å². The fraction of sp³-hybridized carbons (Fsp3) is 0.267. The van der Waals surface area contributed by atoms with Gasteiger partial charge in [0.2, 0.25) is 5.88 Å². The van der Waals surface area contributed by atoms with Crippen molar-refractivity contribution in [2.75, 3.05) is 32.6 Å². The molecule has 0 saturated heterocycles. The van der Waals surface area contributed by atoms with Gasteiger partial charge in [0.1, 0.15) is 29.5 Å². The van der Waals surface area contributed by atoms with Crippen molar-refractivity contribution in [3.63, 3.8) is 0 Å². The molecule has 8 nitrogen and oxygen atoms in total. The number of hydrogen-bond acceptors (Lipinski definition) is 6. The van der Waals surface area contributed by atoms with Crippen molar-refractivity contribution < 1.29 is 19.1 Å². The maximum Gasteiger partial charge on any atom is 0.321 e. The summed E-state index contributed by atoms with van der Waals surface area (Å²) in [5, 5.41) is 2.81. The molecular formula is C15H18N4O4S. The van der Waals surface area contributed by atoms with Gasteiger partial charge in [0.15, 0.2) is 0 Å². The number of hydrogen-bond donors (Lipinski definition) is 2. The molecule has 1 aromatic carbocycles. The number of nitrogens with two attached hydrogens (primary N) is 1. The van der Waals surface area contributed by atoms with Crippen LogP contribution in [0.3, 0.4) is 0 Å². The average molecular weight is 350 g/mol. The van der Waals surface area contributed by atoms with Gasteiger partial charge in [-0.2, -0.15) is 4.37 Å². The molecule has 0 bridgehead atoms. The monoisotopic (exact) mass is 350 g/mol. The third-order valence-electron chi connectivity index (χ3n) is 2.87. The quantitative estimate of drug-likeness (QED) is 0.741. The Morgan fingerprint density at radius 2 is 1.88 bits per heavy atom. The molecule has 1 aromatic heterocycles.